The SMILES string of the molecule is c1ccc(-c2ccc(-c3ccc(N(c4ccccc4)c4c(-c5ccccc5)c5c(c6ccccc46)C4(c6ccccc6-c6ccccc64)c4ccccc4-5)cc3)cc2)cc1. The highest BCUT2D eigenvalue weighted by atomic mass is 15.1. The van der Waals surface area contributed by atoms with Crippen molar-refractivity contribution in [1.29, 1.82) is 0 Å². The van der Waals surface area contributed by atoms with Crippen molar-refractivity contribution < 1.29 is 0 Å². The highest BCUT2D eigenvalue weighted by Crippen LogP contribution is 2.67. The van der Waals surface area contributed by atoms with E-state index in [1.54, 1.807) is 0 Å². The standard InChI is InChI=1S/C59H39N/c1-4-18-40(19-5-1)41-32-34-42(35-33-41)43-36-38-46(39-37-43)60(45-22-8-3-9-23-45)58-50-27-11-10-26-49(50)57-56(55(58)44-20-6-2-7-21-44)51-28-14-17-31-54(51)59(57)52-29-15-12-24-47(52)48-25-13-16-30-53(48)59/h1-39H. The molecule has 0 aromatic heterocycles. The van der Waals surface area contributed by atoms with Crippen molar-refractivity contribution in [2.24, 2.45) is 0 Å². The molecule has 60 heavy (non-hydrogen) atoms. The van der Waals surface area contributed by atoms with Crippen LogP contribution in [0.1, 0.15) is 22.3 Å². The second-order valence-corrected chi connectivity index (χ2v) is 15.9. The highest BCUT2D eigenvalue weighted by molar-refractivity contribution is 6.17. The fraction of sp³-hybridized carbons (Fsp3) is 0.0169. The van der Waals surface area contributed by atoms with Crippen LogP contribution in [0.25, 0.3) is 66.4 Å². The minimum absolute atomic E-state index is 0.490. The molecule has 0 heterocycles. The average Bonchev–Trinajstić information content (AvgIpc) is 3.81. The summed E-state index contributed by atoms with van der Waals surface area (Å²) in [6, 6.07) is 87.2. The van der Waals surface area contributed by atoms with Crippen LogP contribution in [-0.2, 0) is 5.41 Å². The Balaban J connectivity index is 1.15. The van der Waals surface area contributed by atoms with Gasteiger partial charge in [-0.2, -0.15) is 0 Å². The monoisotopic (exact) mass is 761 g/mol. The first-order chi connectivity index (χ1) is 29.8. The van der Waals surface area contributed by atoms with E-state index < -0.39 is 5.41 Å². The van der Waals surface area contributed by atoms with Crippen molar-refractivity contribution >= 4 is 27.8 Å². The molecule has 0 unspecified atom stereocenters. The van der Waals surface area contributed by atoms with Crippen LogP contribution in [0.5, 0.6) is 0 Å². The van der Waals surface area contributed by atoms with E-state index in [2.05, 4.69) is 241 Å². The molecule has 0 aliphatic heterocycles. The Labute approximate surface area is 351 Å². The van der Waals surface area contributed by atoms with Crippen LogP contribution in [0.3, 0.4) is 0 Å². The summed E-state index contributed by atoms with van der Waals surface area (Å²) in [7, 11) is 0. The number of hydrogen-bond donors (Lipinski definition) is 0. The van der Waals surface area contributed by atoms with E-state index in [1.807, 2.05) is 0 Å². The maximum absolute atomic E-state index is 2.50. The van der Waals surface area contributed by atoms with Gasteiger partial charge >= 0.3 is 0 Å². The quantitative estimate of drug-likeness (QED) is 0.163. The minimum Gasteiger partial charge on any atom is -0.309 e. The minimum atomic E-state index is -0.490. The fourth-order valence-electron chi connectivity index (χ4n) is 10.4. The van der Waals surface area contributed by atoms with E-state index in [1.165, 1.54) is 94.3 Å². The average molecular weight is 762 g/mol. The lowest BCUT2D eigenvalue weighted by molar-refractivity contribution is 0.801. The first-order valence-electron chi connectivity index (χ1n) is 20.9. The maximum Gasteiger partial charge on any atom is 0.0731 e. The lowest BCUT2D eigenvalue weighted by atomic mass is 9.69. The second-order valence-electron chi connectivity index (χ2n) is 15.9. The van der Waals surface area contributed by atoms with Gasteiger partial charge in [-0.1, -0.05) is 212 Å². The molecule has 0 atom stereocenters. The van der Waals surface area contributed by atoms with Crippen LogP contribution in [0.15, 0.2) is 237 Å². The lowest BCUT2D eigenvalue weighted by Gasteiger charge is -2.34. The van der Waals surface area contributed by atoms with Gasteiger partial charge in [-0.25, -0.2) is 0 Å². The molecular formula is C59H39N. The van der Waals surface area contributed by atoms with E-state index in [9.17, 15) is 0 Å². The number of fused-ring (bicyclic) bond motifs is 12. The third-order valence-corrected chi connectivity index (χ3v) is 12.9. The smallest absolute Gasteiger partial charge is 0.0731 e. The van der Waals surface area contributed by atoms with E-state index in [0.29, 0.717) is 0 Å². The van der Waals surface area contributed by atoms with Crippen LogP contribution >= 0.6 is 0 Å². The molecule has 1 spiro atoms. The molecule has 2 aliphatic rings. The van der Waals surface area contributed by atoms with Gasteiger partial charge in [-0.05, 0) is 102 Å². The molecular weight excluding hydrogens is 723 g/mol. The van der Waals surface area contributed by atoms with Gasteiger partial charge in [0.25, 0.3) is 0 Å². The molecule has 12 rings (SSSR count). The fourth-order valence-corrected chi connectivity index (χ4v) is 10.4. The maximum atomic E-state index is 2.50. The zero-order valence-electron chi connectivity index (χ0n) is 33.0. The third kappa shape index (κ3) is 4.99. The van der Waals surface area contributed by atoms with Crippen molar-refractivity contribution in [3.05, 3.63) is 259 Å². The van der Waals surface area contributed by atoms with Crippen molar-refractivity contribution in [2.45, 2.75) is 5.41 Å². The van der Waals surface area contributed by atoms with Gasteiger partial charge in [-0.15, -0.1) is 0 Å². The zero-order valence-corrected chi connectivity index (χ0v) is 33.0. The molecule has 280 valence electrons. The summed E-state index contributed by atoms with van der Waals surface area (Å²) in [4.78, 5) is 2.50. The van der Waals surface area contributed by atoms with Gasteiger partial charge in [0.1, 0.15) is 0 Å². The van der Waals surface area contributed by atoms with Crippen LogP contribution in [0.2, 0.25) is 0 Å². The topological polar surface area (TPSA) is 3.24 Å². The number of benzene rings is 10. The Morgan fingerprint density at radius 3 is 1.22 bits per heavy atom. The number of hydrogen-bond acceptors (Lipinski definition) is 1. The molecule has 0 saturated carbocycles. The van der Waals surface area contributed by atoms with Crippen molar-refractivity contribution in [2.75, 3.05) is 4.90 Å². The van der Waals surface area contributed by atoms with Gasteiger partial charge in [0.05, 0.1) is 11.1 Å². The van der Waals surface area contributed by atoms with Crippen molar-refractivity contribution in [3.8, 4) is 55.6 Å². The largest absolute Gasteiger partial charge is 0.309 e. The number of anilines is 3. The number of rotatable bonds is 6. The van der Waals surface area contributed by atoms with E-state index in [0.717, 1.165) is 11.4 Å². The summed E-state index contributed by atoms with van der Waals surface area (Å²) in [5.74, 6) is 0. The molecule has 0 saturated heterocycles. The summed E-state index contributed by atoms with van der Waals surface area (Å²) < 4.78 is 0. The van der Waals surface area contributed by atoms with Gasteiger partial charge in [0.2, 0.25) is 0 Å². The van der Waals surface area contributed by atoms with Gasteiger partial charge in [0.15, 0.2) is 0 Å². The highest BCUT2D eigenvalue weighted by Gasteiger charge is 2.53. The summed E-state index contributed by atoms with van der Waals surface area (Å²) >= 11 is 0. The van der Waals surface area contributed by atoms with Gasteiger partial charge in [-0.3, -0.25) is 0 Å². The third-order valence-electron chi connectivity index (χ3n) is 12.9. The summed E-state index contributed by atoms with van der Waals surface area (Å²) in [6.07, 6.45) is 0. The molecule has 1 nitrogen and oxygen atoms in total. The lowest BCUT2D eigenvalue weighted by Crippen LogP contribution is -2.26. The molecule has 0 bridgehead atoms. The van der Waals surface area contributed by atoms with E-state index >= 15 is 0 Å². The summed E-state index contributed by atoms with van der Waals surface area (Å²) in [5.41, 5.74) is 20.7. The number of nitrogens with zero attached hydrogens (tertiary/aromatic N) is 1. The van der Waals surface area contributed by atoms with Crippen LogP contribution in [-0.4, -0.2) is 0 Å². The Kier molecular flexibility index (Phi) is 7.83. The first kappa shape index (κ1) is 34.3. The van der Waals surface area contributed by atoms with Crippen molar-refractivity contribution in [3.63, 3.8) is 0 Å². The molecule has 10 aromatic rings. The summed E-state index contributed by atoms with van der Waals surface area (Å²) in [5, 5.41) is 2.48. The van der Waals surface area contributed by atoms with Crippen LogP contribution in [0, 0.1) is 0 Å². The van der Waals surface area contributed by atoms with E-state index in [-0.39, 0.29) is 0 Å². The predicted octanol–water partition coefficient (Wildman–Crippen LogP) is 15.7. The Bertz CT molecular complexity index is 3170. The van der Waals surface area contributed by atoms with Crippen LogP contribution in [0.4, 0.5) is 17.1 Å². The predicted molar refractivity (Wildman–Crippen MR) is 251 cm³/mol. The molecule has 10 aromatic carbocycles. The van der Waals surface area contributed by atoms with E-state index in [4.69, 9.17) is 0 Å². The molecule has 0 amide bonds. The normalized spacial score (nSPS) is 12.8. The number of para-hydroxylation sites is 1. The zero-order chi connectivity index (χ0) is 39.6. The van der Waals surface area contributed by atoms with Gasteiger partial charge in [0, 0.05) is 22.3 Å². The Morgan fingerprint density at radius 2 is 0.650 bits per heavy atom. The Hall–Kier alpha value is -7.74. The van der Waals surface area contributed by atoms with Crippen LogP contribution < -0.4 is 4.90 Å². The Morgan fingerprint density at radius 1 is 0.267 bits per heavy atom. The molecule has 0 radical (unpaired) electrons. The summed E-state index contributed by atoms with van der Waals surface area (Å²) in [6.45, 7) is 0. The molecule has 2 aliphatic carbocycles. The molecule has 0 fully saturated rings. The first-order valence-corrected chi connectivity index (χ1v) is 20.9. The molecule has 1 heteroatoms. The second kappa shape index (κ2) is 13.7. The van der Waals surface area contributed by atoms with Crippen molar-refractivity contribution in [1.82, 2.24) is 0 Å². The van der Waals surface area contributed by atoms with Gasteiger partial charge < -0.3 is 4.90 Å². The molecule has 0 N–H and O–H groups in total.